The minimum absolute atomic E-state index is 0. The van der Waals surface area contributed by atoms with Crippen LogP contribution in [0.1, 0.15) is 31.0 Å². The summed E-state index contributed by atoms with van der Waals surface area (Å²) in [5.41, 5.74) is 2.23. The summed E-state index contributed by atoms with van der Waals surface area (Å²) in [6.07, 6.45) is 4.49. The fraction of sp³-hybridized carbons (Fsp3) is 0.600. The van der Waals surface area contributed by atoms with E-state index in [1.54, 1.807) is 0 Å². The molecule has 0 radical (unpaired) electrons. The number of aryl methyl sites for hydroxylation is 1. The van der Waals surface area contributed by atoms with E-state index in [0.29, 0.717) is 6.54 Å². The Morgan fingerprint density at radius 1 is 1.48 bits per heavy atom. The molecule has 2 rings (SSSR count). The highest BCUT2D eigenvalue weighted by Crippen LogP contribution is 2.25. The molecule has 1 aromatic rings. The van der Waals surface area contributed by atoms with Gasteiger partial charge in [0.25, 0.3) is 0 Å². The number of aliphatic imine (C=N–C) groups is 1. The largest absolute Gasteiger partial charge is 0.357 e. The maximum atomic E-state index is 4.63. The van der Waals surface area contributed by atoms with Crippen LogP contribution in [0.3, 0.4) is 0 Å². The summed E-state index contributed by atoms with van der Waals surface area (Å²) in [7, 11) is 0. The first-order valence-electron chi connectivity index (χ1n) is 7.34. The van der Waals surface area contributed by atoms with Crippen LogP contribution in [0.15, 0.2) is 23.3 Å². The smallest absolute Gasteiger partial charge is 0.191 e. The van der Waals surface area contributed by atoms with Gasteiger partial charge in [0.15, 0.2) is 5.96 Å². The van der Waals surface area contributed by atoms with E-state index in [1.807, 2.05) is 12.3 Å². The van der Waals surface area contributed by atoms with Crippen LogP contribution in [0.5, 0.6) is 0 Å². The number of guanidine groups is 1. The number of nitrogens with zero attached hydrogens (tertiary/aromatic N) is 2. The van der Waals surface area contributed by atoms with Gasteiger partial charge >= 0.3 is 0 Å². The molecule has 21 heavy (non-hydrogen) atoms. The van der Waals surface area contributed by atoms with Crippen molar-refractivity contribution in [1.29, 1.82) is 0 Å². The molecule has 0 aliphatic carbocycles. The molecule has 1 fully saturated rings. The second kappa shape index (κ2) is 10.3. The summed E-state index contributed by atoms with van der Waals surface area (Å²) < 4.78 is 0. The number of pyridine rings is 1. The minimum atomic E-state index is 0. The molecule has 0 saturated carbocycles. The number of nitrogens with one attached hydrogen (secondary N) is 2. The first-order valence-corrected chi connectivity index (χ1v) is 8.38. The standard InChI is InChI=1S/C15H24N4S.HI/c1-3-16-15(18-10-13-7-5-9-20-13)19-11-14-12(2)6-4-8-17-14;/h4,6,8,13H,3,5,7,9-11H2,1-2H3,(H2,16,18,19);1H. The van der Waals surface area contributed by atoms with Crippen LogP contribution in [0.4, 0.5) is 0 Å². The van der Waals surface area contributed by atoms with Crippen LogP contribution < -0.4 is 10.6 Å². The highest BCUT2D eigenvalue weighted by Gasteiger charge is 2.15. The Balaban J connectivity index is 0.00000220. The van der Waals surface area contributed by atoms with Gasteiger partial charge in [0.1, 0.15) is 0 Å². The topological polar surface area (TPSA) is 49.3 Å². The lowest BCUT2D eigenvalue weighted by atomic mass is 10.2. The Labute approximate surface area is 149 Å². The first kappa shape index (κ1) is 18.5. The predicted octanol–water partition coefficient (Wildman–Crippen LogP) is 2.96. The fourth-order valence-electron chi connectivity index (χ4n) is 2.20. The van der Waals surface area contributed by atoms with Gasteiger partial charge in [-0.05, 0) is 44.1 Å². The molecule has 6 heteroatoms. The molecule has 0 bridgehead atoms. The van der Waals surface area contributed by atoms with Gasteiger partial charge in [-0.2, -0.15) is 11.8 Å². The molecular formula is C15H25IN4S. The van der Waals surface area contributed by atoms with Crippen molar-refractivity contribution in [3.63, 3.8) is 0 Å². The third-order valence-electron chi connectivity index (χ3n) is 3.37. The predicted molar refractivity (Wildman–Crippen MR) is 103 cm³/mol. The number of hydrogen-bond donors (Lipinski definition) is 2. The van der Waals surface area contributed by atoms with E-state index >= 15 is 0 Å². The minimum Gasteiger partial charge on any atom is -0.357 e. The van der Waals surface area contributed by atoms with Crippen molar-refractivity contribution < 1.29 is 0 Å². The number of thioether (sulfide) groups is 1. The lowest BCUT2D eigenvalue weighted by molar-refractivity contribution is 0.726. The highest BCUT2D eigenvalue weighted by atomic mass is 127. The summed E-state index contributed by atoms with van der Waals surface area (Å²) in [6.45, 7) is 6.67. The van der Waals surface area contributed by atoms with E-state index < -0.39 is 0 Å². The molecule has 4 nitrogen and oxygen atoms in total. The molecular weight excluding hydrogens is 395 g/mol. The molecule has 0 aromatic carbocycles. The quantitative estimate of drug-likeness (QED) is 0.437. The van der Waals surface area contributed by atoms with Gasteiger partial charge in [-0.15, -0.1) is 24.0 Å². The Morgan fingerprint density at radius 3 is 3.00 bits per heavy atom. The van der Waals surface area contributed by atoms with Gasteiger partial charge in [-0.25, -0.2) is 4.99 Å². The second-order valence-electron chi connectivity index (χ2n) is 4.98. The van der Waals surface area contributed by atoms with Crippen LogP contribution in [0.2, 0.25) is 0 Å². The molecule has 0 spiro atoms. The molecule has 2 N–H and O–H groups in total. The van der Waals surface area contributed by atoms with E-state index in [0.717, 1.165) is 30.0 Å². The Kier molecular flexibility index (Phi) is 9.07. The lowest BCUT2D eigenvalue weighted by Gasteiger charge is -2.14. The summed E-state index contributed by atoms with van der Waals surface area (Å²) in [6, 6.07) is 4.04. The second-order valence-corrected chi connectivity index (χ2v) is 6.39. The average molecular weight is 420 g/mol. The lowest BCUT2D eigenvalue weighted by Crippen LogP contribution is -2.40. The molecule has 118 valence electrons. The number of hydrogen-bond acceptors (Lipinski definition) is 3. The zero-order valence-electron chi connectivity index (χ0n) is 12.8. The van der Waals surface area contributed by atoms with E-state index in [9.17, 15) is 0 Å². The number of halogens is 1. The average Bonchev–Trinajstić information content (AvgIpc) is 2.97. The SMILES string of the molecule is CCNC(=NCc1ncccc1C)NCC1CCCS1.I. The van der Waals surface area contributed by atoms with Crippen molar-refractivity contribution in [3.8, 4) is 0 Å². The Hall–Kier alpha value is -0.500. The van der Waals surface area contributed by atoms with Crippen molar-refractivity contribution in [1.82, 2.24) is 15.6 Å². The fourth-order valence-corrected chi connectivity index (χ4v) is 3.40. The molecule has 2 heterocycles. The van der Waals surface area contributed by atoms with Gasteiger partial charge in [0, 0.05) is 24.5 Å². The molecule has 1 aromatic heterocycles. The van der Waals surface area contributed by atoms with Crippen molar-refractivity contribution in [2.45, 2.75) is 38.5 Å². The van der Waals surface area contributed by atoms with Crippen LogP contribution in [0, 0.1) is 6.92 Å². The number of aromatic nitrogens is 1. The van der Waals surface area contributed by atoms with E-state index in [1.165, 1.54) is 24.2 Å². The summed E-state index contributed by atoms with van der Waals surface area (Å²) in [4.78, 5) is 9.01. The Bertz CT molecular complexity index is 447. The normalized spacial score (nSPS) is 18.2. The molecule has 1 saturated heterocycles. The maximum Gasteiger partial charge on any atom is 0.191 e. The Morgan fingerprint density at radius 2 is 2.33 bits per heavy atom. The maximum absolute atomic E-state index is 4.63. The first-order chi connectivity index (χ1) is 9.79. The zero-order valence-corrected chi connectivity index (χ0v) is 15.9. The molecule has 1 unspecified atom stereocenters. The van der Waals surface area contributed by atoms with Crippen LogP contribution in [-0.2, 0) is 6.54 Å². The van der Waals surface area contributed by atoms with E-state index in [4.69, 9.17) is 0 Å². The third-order valence-corrected chi connectivity index (χ3v) is 4.77. The van der Waals surface area contributed by atoms with E-state index in [-0.39, 0.29) is 24.0 Å². The summed E-state index contributed by atoms with van der Waals surface area (Å²) >= 11 is 2.06. The van der Waals surface area contributed by atoms with Gasteiger partial charge in [-0.3, -0.25) is 4.98 Å². The van der Waals surface area contributed by atoms with Crippen molar-refractivity contribution in [2.24, 2.45) is 4.99 Å². The molecule has 1 aliphatic rings. The number of rotatable bonds is 5. The van der Waals surface area contributed by atoms with Gasteiger partial charge < -0.3 is 10.6 Å². The van der Waals surface area contributed by atoms with Gasteiger partial charge in [0.2, 0.25) is 0 Å². The van der Waals surface area contributed by atoms with Gasteiger partial charge in [0.05, 0.1) is 12.2 Å². The van der Waals surface area contributed by atoms with Crippen LogP contribution in [-0.4, -0.2) is 35.0 Å². The molecule has 1 atom stereocenters. The third kappa shape index (κ3) is 6.42. The van der Waals surface area contributed by atoms with Crippen LogP contribution in [0.25, 0.3) is 0 Å². The van der Waals surface area contributed by atoms with E-state index in [2.05, 4.69) is 52.3 Å². The molecule has 1 aliphatic heterocycles. The van der Waals surface area contributed by atoms with Gasteiger partial charge in [-0.1, -0.05) is 6.07 Å². The monoisotopic (exact) mass is 420 g/mol. The zero-order chi connectivity index (χ0) is 14.2. The van der Waals surface area contributed by atoms with Crippen molar-refractivity contribution in [3.05, 3.63) is 29.6 Å². The summed E-state index contributed by atoms with van der Waals surface area (Å²) in [5, 5.41) is 7.47. The highest BCUT2D eigenvalue weighted by molar-refractivity contribution is 14.0. The van der Waals surface area contributed by atoms with Crippen molar-refractivity contribution in [2.75, 3.05) is 18.8 Å². The van der Waals surface area contributed by atoms with Crippen LogP contribution >= 0.6 is 35.7 Å². The summed E-state index contributed by atoms with van der Waals surface area (Å²) in [5.74, 6) is 2.19. The van der Waals surface area contributed by atoms with Crippen molar-refractivity contribution >= 4 is 41.7 Å². The molecule has 0 amide bonds.